The van der Waals surface area contributed by atoms with E-state index >= 15 is 0 Å². The van der Waals surface area contributed by atoms with Crippen LogP contribution in [0.5, 0.6) is 5.75 Å². The monoisotopic (exact) mass is 285 g/mol. The van der Waals surface area contributed by atoms with Crippen molar-refractivity contribution >= 4 is 28.9 Å². The zero-order valence-electron chi connectivity index (χ0n) is 10.1. The number of nitrogens with two attached hydrogens (primary N) is 1. The van der Waals surface area contributed by atoms with Crippen LogP contribution in [-0.4, -0.2) is 9.78 Å². The number of hydrogen-bond acceptors (Lipinski definition) is 3. The third-order valence-electron chi connectivity index (χ3n) is 2.60. The van der Waals surface area contributed by atoms with Crippen LogP contribution in [0.3, 0.4) is 0 Å². The lowest BCUT2D eigenvalue weighted by molar-refractivity contribution is 0.296. The Balaban J connectivity index is 2.19. The molecule has 0 saturated carbocycles. The lowest BCUT2D eigenvalue weighted by Crippen LogP contribution is -2.04. The minimum absolute atomic E-state index is 0.292. The Labute approximate surface area is 115 Å². The molecule has 4 nitrogen and oxygen atoms in total. The number of aryl methyl sites for hydroxylation is 2. The van der Waals surface area contributed by atoms with Crippen molar-refractivity contribution in [2.45, 2.75) is 13.5 Å². The van der Waals surface area contributed by atoms with Gasteiger partial charge in [-0.1, -0.05) is 23.2 Å². The van der Waals surface area contributed by atoms with Gasteiger partial charge in [0.25, 0.3) is 0 Å². The highest BCUT2D eigenvalue weighted by Crippen LogP contribution is 2.27. The summed E-state index contributed by atoms with van der Waals surface area (Å²) in [5.74, 6) is 0.539. The van der Waals surface area contributed by atoms with Gasteiger partial charge in [0, 0.05) is 18.1 Å². The highest BCUT2D eigenvalue weighted by Gasteiger charge is 2.12. The van der Waals surface area contributed by atoms with Gasteiger partial charge in [0.1, 0.15) is 12.4 Å². The third kappa shape index (κ3) is 2.54. The number of aromatic nitrogens is 2. The SMILES string of the molecule is Cc1nn(C)c(COc2cc(Cl)ccc2N)c1Cl. The van der Waals surface area contributed by atoms with Gasteiger partial charge in [-0.15, -0.1) is 0 Å². The minimum atomic E-state index is 0.292. The second kappa shape index (κ2) is 5.08. The summed E-state index contributed by atoms with van der Waals surface area (Å²) >= 11 is 12.0. The predicted octanol–water partition coefficient (Wildman–Crippen LogP) is 3.20. The molecule has 96 valence electrons. The fourth-order valence-electron chi connectivity index (χ4n) is 1.62. The lowest BCUT2D eigenvalue weighted by atomic mass is 10.3. The first-order chi connectivity index (χ1) is 8.49. The summed E-state index contributed by atoms with van der Waals surface area (Å²) in [5.41, 5.74) is 7.91. The molecular weight excluding hydrogens is 273 g/mol. The van der Waals surface area contributed by atoms with Crippen molar-refractivity contribution in [2.24, 2.45) is 7.05 Å². The molecule has 0 aliphatic heterocycles. The van der Waals surface area contributed by atoms with Gasteiger partial charge in [-0.2, -0.15) is 5.10 Å². The first kappa shape index (κ1) is 13.1. The highest BCUT2D eigenvalue weighted by atomic mass is 35.5. The molecule has 0 atom stereocenters. The molecule has 0 saturated heterocycles. The Morgan fingerprint density at radius 3 is 2.72 bits per heavy atom. The van der Waals surface area contributed by atoms with Crippen molar-refractivity contribution in [3.05, 3.63) is 39.6 Å². The van der Waals surface area contributed by atoms with Crippen LogP contribution in [0.4, 0.5) is 5.69 Å². The van der Waals surface area contributed by atoms with Crippen molar-refractivity contribution in [3.8, 4) is 5.75 Å². The molecule has 0 fully saturated rings. The zero-order chi connectivity index (χ0) is 13.3. The molecule has 0 aliphatic rings. The Bertz CT molecular complexity index is 581. The quantitative estimate of drug-likeness (QED) is 0.881. The van der Waals surface area contributed by atoms with Gasteiger partial charge >= 0.3 is 0 Å². The first-order valence-corrected chi connectivity index (χ1v) is 6.10. The largest absolute Gasteiger partial charge is 0.485 e. The van der Waals surface area contributed by atoms with E-state index < -0.39 is 0 Å². The number of nitrogens with zero attached hydrogens (tertiary/aromatic N) is 2. The molecule has 1 aromatic carbocycles. The first-order valence-electron chi connectivity index (χ1n) is 5.35. The molecule has 0 aliphatic carbocycles. The van der Waals surface area contributed by atoms with Crippen molar-refractivity contribution in [2.75, 3.05) is 5.73 Å². The number of ether oxygens (including phenoxy) is 1. The van der Waals surface area contributed by atoms with Crippen molar-refractivity contribution in [1.82, 2.24) is 9.78 Å². The number of hydrogen-bond donors (Lipinski definition) is 1. The molecule has 1 heterocycles. The van der Waals surface area contributed by atoms with Crippen molar-refractivity contribution in [1.29, 1.82) is 0 Å². The maximum Gasteiger partial charge on any atom is 0.144 e. The van der Waals surface area contributed by atoms with Crippen LogP contribution < -0.4 is 10.5 Å². The number of rotatable bonds is 3. The van der Waals surface area contributed by atoms with Gasteiger partial charge < -0.3 is 10.5 Å². The molecule has 2 rings (SSSR count). The van der Waals surface area contributed by atoms with E-state index in [9.17, 15) is 0 Å². The second-order valence-electron chi connectivity index (χ2n) is 3.94. The number of anilines is 1. The molecule has 2 N–H and O–H groups in total. The topological polar surface area (TPSA) is 53.1 Å². The Hall–Kier alpha value is -1.39. The molecule has 0 spiro atoms. The van der Waals surface area contributed by atoms with Gasteiger partial charge in [0.2, 0.25) is 0 Å². The van der Waals surface area contributed by atoms with Crippen LogP contribution in [0.2, 0.25) is 10.0 Å². The fraction of sp³-hybridized carbons (Fsp3) is 0.250. The van der Waals surface area contributed by atoms with Crippen molar-refractivity contribution < 1.29 is 4.74 Å². The zero-order valence-corrected chi connectivity index (χ0v) is 11.6. The molecule has 18 heavy (non-hydrogen) atoms. The van der Waals surface area contributed by atoms with E-state index in [0.717, 1.165) is 11.4 Å². The summed E-state index contributed by atoms with van der Waals surface area (Å²) in [7, 11) is 1.82. The van der Waals surface area contributed by atoms with Crippen LogP contribution in [-0.2, 0) is 13.7 Å². The molecule has 6 heteroatoms. The average molecular weight is 286 g/mol. The summed E-state index contributed by atoms with van der Waals surface area (Å²) in [5, 5.41) is 5.40. The Morgan fingerprint density at radius 1 is 1.39 bits per heavy atom. The Morgan fingerprint density at radius 2 is 2.11 bits per heavy atom. The fourth-order valence-corrected chi connectivity index (χ4v) is 1.99. The second-order valence-corrected chi connectivity index (χ2v) is 4.75. The number of benzene rings is 1. The van der Waals surface area contributed by atoms with Crippen LogP contribution in [0.1, 0.15) is 11.4 Å². The van der Waals surface area contributed by atoms with Crippen LogP contribution in [0, 0.1) is 6.92 Å². The van der Waals surface area contributed by atoms with E-state index in [1.165, 1.54) is 0 Å². The Kier molecular flexibility index (Phi) is 3.68. The smallest absolute Gasteiger partial charge is 0.144 e. The van der Waals surface area contributed by atoms with E-state index in [2.05, 4.69) is 5.10 Å². The lowest BCUT2D eigenvalue weighted by Gasteiger charge is -2.09. The summed E-state index contributed by atoms with van der Waals surface area (Å²) in [6.07, 6.45) is 0. The molecule has 0 bridgehead atoms. The van der Waals surface area contributed by atoms with Crippen LogP contribution >= 0.6 is 23.2 Å². The highest BCUT2D eigenvalue weighted by molar-refractivity contribution is 6.31. The number of halogens is 2. The van der Waals surface area contributed by atoms with Gasteiger partial charge in [0.15, 0.2) is 0 Å². The maximum atomic E-state index is 6.13. The summed E-state index contributed by atoms with van der Waals surface area (Å²) < 4.78 is 7.32. The molecule has 1 aromatic heterocycles. The van der Waals surface area contributed by atoms with Crippen LogP contribution in [0.25, 0.3) is 0 Å². The predicted molar refractivity (Wildman–Crippen MR) is 73.2 cm³/mol. The third-order valence-corrected chi connectivity index (χ3v) is 3.33. The number of nitrogen functional groups attached to an aromatic ring is 1. The maximum absolute atomic E-state index is 6.13. The van der Waals surface area contributed by atoms with Crippen molar-refractivity contribution in [3.63, 3.8) is 0 Å². The van der Waals surface area contributed by atoms with E-state index in [1.807, 2.05) is 14.0 Å². The molecular formula is C12H13Cl2N3O. The van der Waals surface area contributed by atoms with E-state index in [4.69, 9.17) is 33.7 Å². The van der Waals surface area contributed by atoms with E-state index in [-0.39, 0.29) is 0 Å². The molecule has 0 unspecified atom stereocenters. The normalized spacial score (nSPS) is 10.7. The minimum Gasteiger partial charge on any atom is -0.485 e. The standard InChI is InChI=1S/C12H13Cl2N3O/c1-7-12(14)10(17(2)16-7)6-18-11-5-8(13)3-4-9(11)15/h3-5H,6,15H2,1-2H3. The van der Waals surface area contributed by atoms with Gasteiger partial charge in [-0.3, -0.25) is 4.68 Å². The molecule has 2 aromatic rings. The van der Waals surface area contributed by atoms with Gasteiger partial charge in [-0.05, 0) is 19.1 Å². The van der Waals surface area contributed by atoms with E-state index in [1.54, 1.807) is 22.9 Å². The van der Waals surface area contributed by atoms with Gasteiger partial charge in [0.05, 0.1) is 22.1 Å². The molecule has 0 radical (unpaired) electrons. The van der Waals surface area contributed by atoms with E-state index in [0.29, 0.717) is 28.1 Å². The summed E-state index contributed by atoms with van der Waals surface area (Å²) in [6.45, 7) is 2.14. The average Bonchev–Trinajstić information content (AvgIpc) is 2.55. The summed E-state index contributed by atoms with van der Waals surface area (Å²) in [6, 6.07) is 5.09. The van der Waals surface area contributed by atoms with Crippen LogP contribution in [0.15, 0.2) is 18.2 Å². The molecule has 0 amide bonds. The summed E-state index contributed by atoms with van der Waals surface area (Å²) in [4.78, 5) is 0. The van der Waals surface area contributed by atoms with Gasteiger partial charge in [-0.25, -0.2) is 0 Å².